The number of likely N-dealkylation sites (N-methyl/N-ethyl adjacent to an activating group) is 1. The Morgan fingerprint density at radius 2 is 1.88 bits per heavy atom. The molecule has 0 spiro atoms. The van der Waals surface area contributed by atoms with Crippen molar-refractivity contribution in [1.29, 1.82) is 0 Å². The topological polar surface area (TPSA) is 75.7 Å². The van der Waals surface area contributed by atoms with Gasteiger partial charge in [0, 0.05) is 18.6 Å². The summed E-state index contributed by atoms with van der Waals surface area (Å²) in [5, 5.41) is 2.97. The number of nitrogens with one attached hydrogen (secondary N) is 1. The van der Waals surface area contributed by atoms with Crippen molar-refractivity contribution in [1.82, 2.24) is 9.62 Å². The standard InChI is InChI=1S/C18H21ClN2O4S/c1-3-25-16-10-9-15(19)11-17(16)26(23,24)21(2)13-18(22)20-12-14-7-5-4-6-8-14/h4-11H,3,12-13H2,1-2H3,(H,20,22). The maximum absolute atomic E-state index is 12.8. The lowest BCUT2D eigenvalue weighted by Gasteiger charge is -2.19. The smallest absolute Gasteiger partial charge is 0.247 e. The highest BCUT2D eigenvalue weighted by Gasteiger charge is 2.27. The maximum atomic E-state index is 12.8. The average Bonchev–Trinajstić information content (AvgIpc) is 2.62. The average molecular weight is 397 g/mol. The molecule has 0 aromatic heterocycles. The quantitative estimate of drug-likeness (QED) is 0.744. The fourth-order valence-corrected chi connectivity index (χ4v) is 3.78. The number of carbonyl (C=O) groups excluding carboxylic acids is 1. The van der Waals surface area contributed by atoms with E-state index in [-0.39, 0.29) is 22.2 Å². The number of rotatable bonds is 8. The first-order chi connectivity index (χ1) is 12.3. The first-order valence-corrected chi connectivity index (χ1v) is 9.85. The third kappa shape index (κ3) is 5.20. The summed E-state index contributed by atoms with van der Waals surface area (Å²) in [6, 6.07) is 13.7. The van der Waals surface area contributed by atoms with Crippen LogP contribution in [0.15, 0.2) is 53.4 Å². The Kier molecular flexibility index (Phi) is 7.02. The normalized spacial score (nSPS) is 11.4. The molecule has 0 bridgehead atoms. The molecule has 1 N–H and O–H groups in total. The summed E-state index contributed by atoms with van der Waals surface area (Å²) in [7, 11) is -2.59. The van der Waals surface area contributed by atoms with Gasteiger partial charge in [-0.25, -0.2) is 8.42 Å². The number of nitrogens with zero attached hydrogens (tertiary/aromatic N) is 1. The Morgan fingerprint density at radius 1 is 1.19 bits per heavy atom. The van der Waals surface area contributed by atoms with Gasteiger partial charge in [0.25, 0.3) is 0 Å². The van der Waals surface area contributed by atoms with Crippen molar-refractivity contribution < 1.29 is 17.9 Å². The Morgan fingerprint density at radius 3 is 2.54 bits per heavy atom. The van der Waals surface area contributed by atoms with Crippen LogP contribution in [0.2, 0.25) is 5.02 Å². The van der Waals surface area contributed by atoms with Crippen molar-refractivity contribution in [2.24, 2.45) is 0 Å². The number of amides is 1. The van der Waals surface area contributed by atoms with E-state index < -0.39 is 15.9 Å². The number of carbonyl (C=O) groups is 1. The van der Waals surface area contributed by atoms with Crippen LogP contribution in [0.1, 0.15) is 12.5 Å². The van der Waals surface area contributed by atoms with E-state index >= 15 is 0 Å². The van der Waals surface area contributed by atoms with Gasteiger partial charge in [-0.15, -0.1) is 0 Å². The first-order valence-electron chi connectivity index (χ1n) is 8.04. The molecule has 140 valence electrons. The Hall–Kier alpha value is -2.09. The van der Waals surface area contributed by atoms with Crippen LogP contribution in [-0.4, -0.2) is 38.8 Å². The van der Waals surface area contributed by atoms with Crippen LogP contribution < -0.4 is 10.1 Å². The molecule has 6 nitrogen and oxygen atoms in total. The lowest BCUT2D eigenvalue weighted by atomic mass is 10.2. The molecule has 26 heavy (non-hydrogen) atoms. The zero-order chi connectivity index (χ0) is 19.2. The second-order valence-corrected chi connectivity index (χ2v) is 8.00. The van der Waals surface area contributed by atoms with Crippen molar-refractivity contribution in [3.8, 4) is 5.75 Å². The Labute approximate surface area is 158 Å². The SMILES string of the molecule is CCOc1ccc(Cl)cc1S(=O)(=O)N(C)CC(=O)NCc1ccccc1. The number of benzene rings is 2. The summed E-state index contributed by atoms with van der Waals surface area (Å²) < 4.78 is 31.9. The van der Waals surface area contributed by atoms with Crippen molar-refractivity contribution in [3.05, 3.63) is 59.1 Å². The lowest BCUT2D eigenvalue weighted by Crippen LogP contribution is -2.38. The van der Waals surface area contributed by atoms with Crippen molar-refractivity contribution in [2.75, 3.05) is 20.2 Å². The van der Waals surface area contributed by atoms with E-state index in [0.29, 0.717) is 13.2 Å². The Balaban J connectivity index is 2.09. The lowest BCUT2D eigenvalue weighted by molar-refractivity contribution is -0.121. The Bertz CT molecular complexity index is 857. The predicted octanol–water partition coefficient (Wildman–Crippen LogP) is 2.68. The van der Waals surface area contributed by atoms with Crippen LogP contribution in [0.5, 0.6) is 5.75 Å². The number of hydrogen-bond acceptors (Lipinski definition) is 4. The zero-order valence-electron chi connectivity index (χ0n) is 14.6. The van der Waals surface area contributed by atoms with Gasteiger partial charge in [-0.05, 0) is 30.7 Å². The van der Waals surface area contributed by atoms with Crippen molar-refractivity contribution in [3.63, 3.8) is 0 Å². The van der Waals surface area contributed by atoms with Crippen LogP contribution in [0, 0.1) is 0 Å². The third-order valence-corrected chi connectivity index (χ3v) is 5.65. The number of ether oxygens (including phenoxy) is 1. The minimum Gasteiger partial charge on any atom is -0.492 e. The van der Waals surface area contributed by atoms with E-state index in [1.165, 1.54) is 19.2 Å². The van der Waals surface area contributed by atoms with Crippen molar-refractivity contribution >= 4 is 27.5 Å². The molecule has 2 aromatic rings. The molecular formula is C18H21ClN2O4S. The number of halogens is 1. The highest BCUT2D eigenvalue weighted by Crippen LogP contribution is 2.29. The van der Waals surface area contributed by atoms with Gasteiger partial charge < -0.3 is 10.1 Å². The van der Waals surface area contributed by atoms with Gasteiger partial charge in [-0.2, -0.15) is 4.31 Å². The fraction of sp³-hybridized carbons (Fsp3) is 0.278. The van der Waals surface area contributed by atoms with Gasteiger partial charge in [0.05, 0.1) is 13.2 Å². The van der Waals surface area contributed by atoms with Gasteiger partial charge in [-0.1, -0.05) is 41.9 Å². The molecule has 1 amide bonds. The molecule has 8 heteroatoms. The molecule has 2 rings (SSSR count). The summed E-state index contributed by atoms with van der Waals surface area (Å²) in [5.41, 5.74) is 0.930. The molecule has 0 atom stereocenters. The second-order valence-electron chi connectivity index (χ2n) is 5.55. The molecule has 0 radical (unpaired) electrons. The van der Waals surface area contributed by atoms with E-state index in [2.05, 4.69) is 5.32 Å². The summed E-state index contributed by atoms with van der Waals surface area (Å²) in [6.45, 7) is 2.08. The number of sulfonamides is 1. The number of hydrogen-bond donors (Lipinski definition) is 1. The van der Waals surface area contributed by atoms with Crippen molar-refractivity contribution in [2.45, 2.75) is 18.4 Å². The summed E-state index contributed by atoms with van der Waals surface area (Å²) in [6.07, 6.45) is 0. The van der Waals surface area contributed by atoms with E-state index in [9.17, 15) is 13.2 Å². The van der Waals surface area contributed by atoms with Gasteiger partial charge in [0.15, 0.2) is 0 Å². The summed E-state index contributed by atoms with van der Waals surface area (Å²) in [4.78, 5) is 12.0. The molecule has 0 fully saturated rings. The highest BCUT2D eigenvalue weighted by molar-refractivity contribution is 7.89. The van der Waals surface area contributed by atoms with Crippen LogP contribution in [-0.2, 0) is 21.4 Å². The third-order valence-electron chi connectivity index (χ3n) is 3.59. The zero-order valence-corrected chi connectivity index (χ0v) is 16.2. The van der Waals surface area contributed by atoms with E-state index in [1.807, 2.05) is 30.3 Å². The van der Waals surface area contributed by atoms with Crippen LogP contribution in [0.25, 0.3) is 0 Å². The molecule has 2 aromatic carbocycles. The molecule has 0 aliphatic heterocycles. The minimum absolute atomic E-state index is 0.0646. The molecule has 0 aliphatic rings. The summed E-state index contributed by atoms with van der Waals surface area (Å²) >= 11 is 5.93. The molecule has 0 unspecified atom stereocenters. The van der Waals surface area contributed by atoms with Crippen LogP contribution in [0.3, 0.4) is 0 Å². The van der Waals surface area contributed by atoms with Gasteiger partial charge in [-0.3, -0.25) is 4.79 Å². The van der Waals surface area contributed by atoms with E-state index in [1.54, 1.807) is 13.0 Å². The fourth-order valence-electron chi connectivity index (χ4n) is 2.27. The van der Waals surface area contributed by atoms with Crippen LogP contribution >= 0.6 is 11.6 Å². The van der Waals surface area contributed by atoms with Gasteiger partial charge in [0.1, 0.15) is 10.6 Å². The summed E-state index contributed by atoms with van der Waals surface area (Å²) in [5.74, 6) is -0.201. The molecule has 0 heterocycles. The molecule has 0 saturated carbocycles. The monoisotopic (exact) mass is 396 g/mol. The van der Waals surface area contributed by atoms with Crippen LogP contribution in [0.4, 0.5) is 0 Å². The predicted molar refractivity (Wildman–Crippen MR) is 101 cm³/mol. The highest BCUT2D eigenvalue weighted by atomic mass is 35.5. The molecule has 0 saturated heterocycles. The minimum atomic E-state index is -3.93. The van der Waals surface area contributed by atoms with Gasteiger partial charge in [0.2, 0.25) is 15.9 Å². The van der Waals surface area contributed by atoms with E-state index in [4.69, 9.17) is 16.3 Å². The first kappa shape index (κ1) is 20.2. The largest absolute Gasteiger partial charge is 0.492 e. The maximum Gasteiger partial charge on any atom is 0.247 e. The van der Waals surface area contributed by atoms with Gasteiger partial charge >= 0.3 is 0 Å². The van der Waals surface area contributed by atoms with E-state index in [0.717, 1.165) is 9.87 Å². The second kappa shape index (κ2) is 9.02. The molecule has 0 aliphatic carbocycles. The molecular weight excluding hydrogens is 376 g/mol.